The Labute approximate surface area is 68.1 Å². The van der Waals surface area contributed by atoms with Gasteiger partial charge in [0.05, 0.1) is 0 Å². The third-order valence-corrected chi connectivity index (χ3v) is 2.60. The number of nitrogens with one attached hydrogen (secondary N) is 1. The molecule has 0 radical (unpaired) electrons. The van der Waals surface area contributed by atoms with Crippen LogP contribution in [0.2, 0.25) is 0 Å². The summed E-state index contributed by atoms with van der Waals surface area (Å²) in [6.07, 6.45) is 6.50. The van der Waals surface area contributed by atoms with E-state index in [1.54, 1.807) is 0 Å². The maximum absolute atomic E-state index is 4.48. The van der Waals surface area contributed by atoms with Gasteiger partial charge in [-0.3, -0.25) is 4.99 Å². The van der Waals surface area contributed by atoms with Crippen molar-refractivity contribution in [3.05, 3.63) is 0 Å². The molecule has 0 aromatic carbocycles. The molecule has 2 heteroatoms. The van der Waals surface area contributed by atoms with Crippen molar-refractivity contribution in [1.82, 2.24) is 5.32 Å². The fourth-order valence-corrected chi connectivity index (χ4v) is 1.98. The molecule has 1 saturated heterocycles. The van der Waals surface area contributed by atoms with Gasteiger partial charge in [-0.25, -0.2) is 0 Å². The van der Waals surface area contributed by atoms with Crippen LogP contribution in [0.25, 0.3) is 0 Å². The molecule has 2 rings (SSSR count). The first-order valence-corrected chi connectivity index (χ1v) is 4.71. The normalized spacial score (nSPS) is 30.9. The van der Waals surface area contributed by atoms with Gasteiger partial charge in [0.15, 0.2) is 0 Å². The fourth-order valence-electron chi connectivity index (χ4n) is 1.98. The summed E-state index contributed by atoms with van der Waals surface area (Å²) in [5.74, 6) is 0. The van der Waals surface area contributed by atoms with Crippen molar-refractivity contribution in [3.8, 4) is 0 Å². The van der Waals surface area contributed by atoms with Crippen molar-refractivity contribution in [3.63, 3.8) is 0 Å². The van der Waals surface area contributed by atoms with Crippen molar-refractivity contribution >= 4 is 5.71 Å². The third kappa shape index (κ3) is 1.80. The van der Waals surface area contributed by atoms with Gasteiger partial charge in [0.1, 0.15) is 0 Å². The van der Waals surface area contributed by atoms with E-state index in [4.69, 9.17) is 0 Å². The van der Waals surface area contributed by atoms with Crippen LogP contribution in [-0.2, 0) is 0 Å². The zero-order valence-electron chi connectivity index (χ0n) is 6.97. The molecule has 2 aliphatic rings. The highest BCUT2D eigenvalue weighted by Crippen LogP contribution is 2.14. The summed E-state index contributed by atoms with van der Waals surface area (Å²) in [6.45, 7) is 2.31. The first kappa shape index (κ1) is 7.29. The molecule has 11 heavy (non-hydrogen) atoms. The van der Waals surface area contributed by atoms with Gasteiger partial charge in [-0.15, -0.1) is 0 Å². The van der Waals surface area contributed by atoms with E-state index in [2.05, 4.69) is 10.3 Å². The molecule has 0 bridgehead atoms. The second-order valence-electron chi connectivity index (χ2n) is 3.55. The molecule has 2 aliphatic heterocycles. The minimum absolute atomic E-state index is 0.756. The Morgan fingerprint density at radius 3 is 3.09 bits per heavy atom. The zero-order chi connectivity index (χ0) is 7.52. The largest absolute Gasteiger partial charge is 0.314 e. The maximum Gasteiger partial charge on any atom is 0.0392 e. The lowest BCUT2D eigenvalue weighted by Gasteiger charge is -2.08. The van der Waals surface area contributed by atoms with Gasteiger partial charge < -0.3 is 5.32 Å². The topological polar surface area (TPSA) is 24.4 Å². The smallest absolute Gasteiger partial charge is 0.0392 e. The summed E-state index contributed by atoms with van der Waals surface area (Å²) in [7, 11) is 0. The zero-order valence-corrected chi connectivity index (χ0v) is 6.97. The average Bonchev–Trinajstić information content (AvgIpc) is 2.60. The van der Waals surface area contributed by atoms with Gasteiger partial charge in [-0.1, -0.05) is 0 Å². The van der Waals surface area contributed by atoms with Crippen LogP contribution in [0.4, 0.5) is 0 Å². The highest BCUT2D eigenvalue weighted by atomic mass is 14.9. The highest BCUT2D eigenvalue weighted by Gasteiger charge is 2.17. The van der Waals surface area contributed by atoms with Crippen molar-refractivity contribution in [2.24, 2.45) is 4.99 Å². The van der Waals surface area contributed by atoms with Gasteiger partial charge in [0, 0.05) is 24.7 Å². The van der Waals surface area contributed by atoms with Crippen LogP contribution in [-0.4, -0.2) is 24.8 Å². The Morgan fingerprint density at radius 2 is 2.45 bits per heavy atom. The van der Waals surface area contributed by atoms with Gasteiger partial charge in [-0.05, 0) is 32.2 Å². The Morgan fingerprint density at radius 1 is 1.45 bits per heavy atom. The highest BCUT2D eigenvalue weighted by molar-refractivity contribution is 5.86. The Bertz CT molecular complexity index is 157. The monoisotopic (exact) mass is 152 g/mol. The molecule has 2 heterocycles. The van der Waals surface area contributed by atoms with Gasteiger partial charge in [0.25, 0.3) is 0 Å². The predicted molar refractivity (Wildman–Crippen MR) is 47.2 cm³/mol. The van der Waals surface area contributed by atoms with E-state index in [0.717, 1.165) is 12.6 Å². The average molecular weight is 152 g/mol. The van der Waals surface area contributed by atoms with Crippen molar-refractivity contribution in [1.29, 1.82) is 0 Å². The first-order valence-electron chi connectivity index (χ1n) is 4.71. The Kier molecular flexibility index (Phi) is 2.22. The number of aliphatic imine (C=N–C) groups is 1. The van der Waals surface area contributed by atoms with E-state index >= 15 is 0 Å². The van der Waals surface area contributed by atoms with Crippen LogP contribution in [0.1, 0.15) is 32.1 Å². The molecular weight excluding hydrogens is 136 g/mol. The molecule has 1 fully saturated rings. The summed E-state index contributed by atoms with van der Waals surface area (Å²) in [4.78, 5) is 4.48. The SMILES string of the molecule is C1CN=C(CC2CCCN2)C1. The van der Waals surface area contributed by atoms with Crippen LogP contribution >= 0.6 is 0 Å². The number of hydrogen-bond acceptors (Lipinski definition) is 2. The minimum Gasteiger partial charge on any atom is -0.314 e. The van der Waals surface area contributed by atoms with Crippen LogP contribution < -0.4 is 5.32 Å². The van der Waals surface area contributed by atoms with Crippen LogP contribution in [0.5, 0.6) is 0 Å². The van der Waals surface area contributed by atoms with E-state index < -0.39 is 0 Å². The van der Waals surface area contributed by atoms with Crippen molar-refractivity contribution in [2.75, 3.05) is 13.1 Å². The molecular formula is C9H16N2. The van der Waals surface area contributed by atoms with Gasteiger partial charge in [0.2, 0.25) is 0 Å². The molecule has 0 amide bonds. The summed E-state index contributed by atoms with van der Waals surface area (Å²) < 4.78 is 0. The molecule has 1 atom stereocenters. The summed E-state index contributed by atoms with van der Waals surface area (Å²) in [5, 5.41) is 3.50. The molecule has 0 spiro atoms. The molecule has 0 saturated carbocycles. The van der Waals surface area contributed by atoms with Gasteiger partial charge >= 0.3 is 0 Å². The Hall–Kier alpha value is -0.370. The van der Waals surface area contributed by atoms with E-state index in [-0.39, 0.29) is 0 Å². The minimum atomic E-state index is 0.756. The molecule has 0 aromatic rings. The maximum atomic E-state index is 4.48. The van der Waals surface area contributed by atoms with Crippen LogP contribution in [0, 0.1) is 0 Å². The molecule has 62 valence electrons. The summed E-state index contributed by atoms with van der Waals surface area (Å²) in [5.41, 5.74) is 1.46. The standard InChI is InChI=1S/C9H16N2/c1-3-8(10-5-1)7-9-4-2-6-11-9/h8,10H,1-7H2. The third-order valence-electron chi connectivity index (χ3n) is 2.60. The predicted octanol–water partition coefficient (Wildman–Crippen LogP) is 1.36. The van der Waals surface area contributed by atoms with E-state index in [9.17, 15) is 0 Å². The molecule has 1 N–H and O–H groups in total. The lowest BCUT2D eigenvalue weighted by molar-refractivity contribution is 0.626. The number of hydrogen-bond donors (Lipinski definition) is 1. The Balaban J connectivity index is 1.79. The van der Waals surface area contributed by atoms with Crippen LogP contribution in [0.15, 0.2) is 4.99 Å². The molecule has 1 unspecified atom stereocenters. The van der Waals surface area contributed by atoms with E-state index in [1.807, 2.05) is 0 Å². The molecule has 0 aromatic heterocycles. The number of rotatable bonds is 2. The van der Waals surface area contributed by atoms with Crippen molar-refractivity contribution < 1.29 is 0 Å². The lowest BCUT2D eigenvalue weighted by Crippen LogP contribution is -2.23. The van der Waals surface area contributed by atoms with E-state index in [0.29, 0.717) is 0 Å². The quantitative estimate of drug-likeness (QED) is 0.635. The second kappa shape index (κ2) is 3.35. The van der Waals surface area contributed by atoms with E-state index in [1.165, 1.54) is 44.4 Å². The van der Waals surface area contributed by atoms with Gasteiger partial charge in [-0.2, -0.15) is 0 Å². The second-order valence-corrected chi connectivity index (χ2v) is 3.55. The van der Waals surface area contributed by atoms with Crippen LogP contribution in [0.3, 0.4) is 0 Å². The lowest BCUT2D eigenvalue weighted by atomic mass is 10.1. The number of nitrogens with zero attached hydrogens (tertiary/aromatic N) is 1. The summed E-state index contributed by atoms with van der Waals surface area (Å²) >= 11 is 0. The summed E-state index contributed by atoms with van der Waals surface area (Å²) in [6, 6.07) is 0.756. The van der Waals surface area contributed by atoms with Crippen molar-refractivity contribution in [2.45, 2.75) is 38.1 Å². The fraction of sp³-hybridized carbons (Fsp3) is 0.889. The molecule has 0 aliphatic carbocycles. The molecule has 2 nitrogen and oxygen atoms in total. The first-order chi connectivity index (χ1) is 5.45.